The van der Waals surface area contributed by atoms with Crippen LogP contribution in [0.15, 0.2) is 52.9 Å². The van der Waals surface area contributed by atoms with Gasteiger partial charge in [-0.3, -0.25) is 4.99 Å². The summed E-state index contributed by atoms with van der Waals surface area (Å²) in [6, 6.07) is 7.72. The SMILES string of the molecule is C=NC(=CC=CC)c1csc(Nc2ccccc2OC)n1. The van der Waals surface area contributed by atoms with E-state index in [0.29, 0.717) is 0 Å². The predicted molar refractivity (Wildman–Crippen MR) is 90.7 cm³/mol. The Morgan fingerprint density at radius 1 is 1.43 bits per heavy atom. The highest BCUT2D eigenvalue weighted by molar-refractivity contribution is 7.13. The molecule has 1 aromatic heterocycles. The quantitative estimate of drug-likeness (QED) is 0.630. The van der Waals surface area contributed by atoms with Crippen molar-refractivity contribution < 1.29 is 4.74 Å². The summed E-state index contributed by atoms with van der Waals surface area (Å²) in [7, 11) is 1.65. The summed E-state index contributed by atoms with van der Waals surface area (Å²) in [5.74, 6) is 0.778. The van der Waals surface area contributed by atoms with E-state index in [1.54, 1.807) is 7.11 Å². The van der Waals surface area contributed by atoms with Crippen molar-refractivity contribution in [3.05, 3.63) is 53.6 Å². The van der Waals surface area contributed by atoms with E-state index in [0.717, 1.165) is 28.0 Å². The molecule has 0 aliphatic heterocycles. The van der Waals surface area contributed by atoms with Gasteiger partial charge in [0.25, 0.3) is 0 Å². The lowest BCUT2D eigenvalue weighted by molar-refractivity contribution is 0.417. The molecule has 0 aliphatic carbocycles. The van der Waals surface area contributed by atoms with Gasteiger partial charge in [-0.2, -0.15) is 0 Å². The van der Waals surface area contributed by atoms with E-state index in [9.17, 15) is 0 Å². The first-order valence-electron chi connectivity index (χ1n) is 6.44. The Morgan fingerprint density at radius 2 is 2.24 bits per heavy atom. The van der Waals surface area contributed by atoms with Gasteiger partial charge in [-0.1, -0.05) is 24.3 Å². The second kappa shape index (κ2) is 7.40. The molecule has 108 valence electrons. The molecule has 0 atom stereocenters. The number of thiazole rings is 1. The Bertz CT molecular complexity index is 674. The van der Waals surface area contributed by atoms with Crippen LogP contribution >= 0.6 is 11.3 Å². The van der Waals surface area contributed by atoms with E-state index in [1.165, 1.54) is 11.3 Å². The minimum Gasteiger partial charge on any atom is -0.495 e. The number of benzene rings is 1. The second-order valence-electron chi connectivity index (χ2n) is 4.10. The van der Waals surface area contributed by atoms with Crippen LogP contribution in [0.1, 0.15) is 12.6 Å². The zero-order valence-corrected chi connectivity index (χ0v) is 12.9. The normalized spacial score (nSPS) is 11.6. The lowest BCUT2D eigenvalue weighted by Gasteiger charge is -2.07. The number of allylic oxidation sites excluding steroid dienone is 3. The summed E-state index contributed by atoms with van der Waals surface area (Å²) in [6.07, 6.45) is 5.73. The highest BCUT2D eigenvalue weighted by Crippen LogP contribution is 2.30. The second-order valence-corrected chi connectivity index (χ2v) is 4.96. The molecule has 0 unspecified atom stereocenters. The highest BCUT2D eigenvalue weighted by Gasteiger charge is 2.08. The fraction of sp³-hybridized carbons (Fsp3) is 0.125. The molecule has 0 bridgehead atoms. The van der Waals surface area contributed by atoms with Gasteiger partial charge >= 0.3 is 0 Å². The van der Waals surface area contributed by atoms with Crippen molar-refractivity contribution in [1.82, 2.24) is 4.98 Å². The van der Waals surface area contributed by atoms with E-state index < -0.39 is 0 Å². The smallest absolute Gasteiger partial charge is 0.187 e. The molecule has 0 spiro atoms. The summed E-state index contributed by atoms with van der Waals surface area (Å²) in [4.78, 5) is 8.52. The van der Waals surface area contributed by atoms with Gasteiger partial charge < -0.3 is 10.1 Å². The number of para-hydroxylation sites is 2. The minimum atomic E-state index is 0.748. The van der Waals surface area contributed by atoms with E-state index in [-0.39, 0.29) is 0 Å². The van der Waals surface area contributed by atoms with Crippen molar-refractivity contribution >= 4 is 34.6 Å². The van der Waals surface area contributed by atoms with Gasteiger partial charge in [0, 0.05) is 5.38 Å². The van der Waals surface area contributed by atoms with Crippen molar-refractivity contribution in [2.24, 2.45) is 4.99 Å². The molecule has 0 aliphatic rings. The van der Waals surface area contributed by atoms with Crippen LogP contribution in [0.2, 0.25) is 0 Å². The molecule has 4 nitrogen and oxygen atoms in total. The first-order chi connectivity index (χ1) is 10.3. The first-order valence-corrected chi connectivity index (χ1v) is 7.32. The lowest BCUT2D eigenvalue weighted by atomic mass is 10.3. The largest absolute Gasteiger partial charge is 0.495 e. The van der Waals surface area contributed by atoms with Crippen molar-refractivity contribution in [2.45, 2.75) is 6.92 Å². The van der Waals surface area contributed by atoms with E-state index in [2.05, 4.69) is 22.0 Å². The zero-order chi connectivity index (χ0) is 15.1. The Balaban J connectivity index is 2.22. The number of rotatable bonds is 6. The molecule has 0 saturated heterocycles. The topological polar surface area (TPSA) is 46.5 Å². The number of aliphatic imine (C=N–C) groups is 1. The molecule has 0 radical (unpaired) electrons. The summed E-state index contributed by atoms with van der Waals surface area (Å²) in [6.45, 7) is 5.53. The maximum atomic E-state index is 5.31. The van der Waals surface area contributed by atoms with Crippen LogP contribution in [0.25, 0.3) is 5.70 Å². The Morgan fingerprint density at radius 3 is 2.95 bits per heavy atom. The molecular formula is C16H17N3OS. The summed E-state index contributed by atoms with van der Waals surface area (Å²) in [5.41, 5.74) is 2.43. The average molecular weight is 299 g/mol. The molecule has 0 saturated carbocycles. The van der Waals surface area contributed by atoms with Crippen molar-refractivity contribution in [3.8, 4) is 5.75 Å². The molecule has 1 heterocycles. The van der Waals surface area contributed by atoms with E-state index in [1.807, 2.05) is 54.8 Å². The summed E-state index contributed by atoms with van der Waals surface area (Å²) < 4.78 is 5.31. The number of hydrogen-bond acceptors (Lipinski definition) is 5. The van der Waals surface area contributed by atoms with Crippen molar-refractivity contribution in [2.75, 3.05) is 12.4 Å². The first kappa shape index (κ1) is 15.0. The Kier molecular flexibility index (Phi) is 5.29. The van der Waals surface area contributed by atoms with Crippen LogP contribution in [0, 0.1) is 0 Å². The lowest BCUT2D eigenvalue weighted by Crippen LogP contribution is -1.94. The molecule has 5 heteroatoms. The van der Waals surface area contributed by atoms with Crippen LogP contribution in [0.4, 0.5) is 10.8 Å². The van der Waals surface area contributed by atoms with Gasteiger partial charge in [0.2, 0.25) is 0 Å². The predicted octanol–water partition coefficient (Wildman–Crippen LogP) is 4.51. The Labute approximate surface area is 128 Å². The molecule has 21 heavy (non-hydrogen) atoms. The summed E-state index contributed by atoms with van der Waals surface area (Å²) in [5, 5.41) is 5.98. The van der Waals surface area contributed by atoms with E-state index >= 15 is 0 Å². The third-order valence-electron chi connectivity index (χ3n) is 2.73. The van der Waals surface area contributed by atoms with Crippen LogP contribution in [0.5, 0.6) is 5.75 Å². The van der Waals surface area contributed by atoms with Crippen molar-refractivity contribution in [1.29, 1.82) is 0 Å². The molecule has 0 amide bonds. The van der Waals surface area contributed by atoms with Crippen LogP contribution < -0.4 is 10.1 Å². The van der Waals surface area contributed by atoms with Gasteiger partial charge in [-0.05, 0) is 31.9 Å². The summed E-state index contributed by atoms with van der Waals surface area (Å²) >= 11 is 1.51. The maximum absolute atomic E-state index is 5.31. The minimum absolute atomic E-state index is 0.748. The van der Waals surface area contributed by atoms with E-state index in [4.69, 9.17) is 4.74 Å². The molecule has 1 N–H and O–H groups in total. The zero-order valence-electron chi connectivity index (χ0n) is 12.0. The van der Waals surface area contributed by atoms with Crippen molar-refractivity contribution in [3.63, 3.8) is 0 Å². The fourth-order valence-corrected chi connectivity index (χ4v) is 2.44. The van der Waals surface area contributed by atoms with Gasteiger partial charge in [-0.15, -0.1) is 11.3 Å². The number of anilines is 2. The van der Waals surface area contributed by atoms with Gasteiger partial charge in [0.05, 0.1) is 18.5 Å². The van der Waals surface area contributed by atoms with Gasteiger partial charge in [-0.25, -0.2) is 4.98 Å². The third kappa shape index (κ3) is 3.79. The van der Waals surface area contributed by atoms with Crippen LogP contribution in [0.3, 0.4) is 0 Å². The van der Waals surface area contributed by atoms with Crippen LogP contribution in [-0.4, -0.2) is 18.8 Å². The molecule has 2 rings (SSSR count). The number of nitrogens with zero attached hydrogens (tertiary/aromatic N) is 2. The molecular weight excluding hydrogens is 282 g/mol. The van der Waals surface area contributed by atoms with Gasteiger partial charge in [0.1, 0.15) is 11.4 Å². The molecule has 2 aromatic rings. The average Bonchev–Trinajstić information content (AvgIpc) is 2.97. The Hall–Kier alpha value is -2.40. The van der Waals surface area contributed by atoms with Gasteiger partial charge in [0.15, 0.2) is 5.13 Å². The van der Waals surface area contributed by atoms with Crippen LogP contribution in [-0.2, 0) is 0 Å². The number of ether oxygens (including phenoxy) is 1. The number of hydrogen-bond donors (Lipinski definition) is 1. The third-order valence-corrected chi connectivity index (χ3v) is 3.49. The number of nitrogens with one attached hydrogen (secondary N) is 1. The number of methoxy groups -OCH3 is 1. The highest BCUT2D eigenvalue weighted by atomic mass is 32.1. The number of aromatic nitrogens is 1. The maximum Gasteiger partial charge on any atom is 0.187 e. The monoisotopic (exact) mass is 299 g/mol. The standard InChI is InChI=1S/C16H17N3OS/c1-4-5-8-12(17-2)14-11-21-16(19-14)18-13-9-6-7-10-15(13)20-3/h4-11H,2H2,1,3H3,(H,18,19). The molecule has 1 aromatic carbocycles. The fourth-order valence-electron chi connectivity index (χ4n) is 1.72. The molecule has 0 fully saturated rings.